The lowest BCUT2D eigenvalue weighted by atomic mass is 10.1. The van der Waals surface area contributed by atoms with Crippen molar-refractivity contribution >= 4 is 0 Å². The van der Waals surface area contributed by atoms with E-state index < -0.39 is 0 Å². The van der Waals surface area contributed by atoms with Crippen molar-refractivity contribution in [2.24, 2.45) is 0 Å². The lowest BCUT2D eigenvalue weighted by Crippen LogP contribution is -1.86. The highest BCUT2D eigenvalue weighted by Gasteiger charge is 2.06. The van der Waals surface area contributed by atoms with Gasteiger partial charge in [0, 0.05) is 0 Å². The van der Waals surface area contributed by atoms with E-state index in [2.05, 4.69) is 61.5 Å². The fraction of sp³-hybridized carbons (Fsp3) is 0.0526. The molecule has 0 radical (unpaired) electrons. The van der Waals surface area contributed by atoms with Crippen LogP contribution in [0, 0.1) is 48.7 Å². The van der Waals surface area contributed by atoms with Crippen molar-refractivity contribution in [2.75, 3.05) is 0 Å². The fourth-order valence-corrected chi connectivity index (χ4v) is 3.63. The molecule has 19 heavy (non-hydrogen) atoms. The molecule has 0 nitrogen and oxygen atoms in total. The van der Waals surface area contributed by atoms with Crippen molar-refractivity contribution in [3.8, 4) is 0 Å². The number of hydrogen-bond acceptors (Lipinski definition) is 0. The van der Waals surface area contributed by atoms with Crippen LogP contribution in [0.2, 0.25) is 0 Å². The summed E-state index contributed by atoms with van der Waals surface area (Å²) in [5, 5.41) is 11.0. The van der Waals surface area contributed by atoms with Gasteiger partial charge in [-0.15, -0.1) is 0 Å². The smallest absolute Gasteiger partial charge is 0.00179 e. The maximum atomic E-state index is 2.35. The maximum absolute atomic E-state index is 2.35. The van der Waals surface area contributed by atoms with E-state index in [1.54, 1.807) is 0 Å². The van der Waals surface area contributed by atoms with Crippen molar-refractivity contribution in [3.63, 3.8) is 0 Å². The predicted molar refractivity (Wildman–Crippen MR) is 74.8 cm³/mol. The molecular weight excluding hydrogens is 228 g/mol. The molecule has 4 aliphatic carbocycles. The lowest BCUT2D eigenvalue weighted by molar-refractivity contribution is 1.29. The minimum atomic E-state index is 1.33. The van der Waals surface area contributed by atoms with Crippen LogP contribution in [0.5, 0.6) is 0 Å². The third-order valence-electron chi connectivity index (χ3n) is 4.47. The van der Waals surface area contributed by atoms with Crippen LogP contribution in [-0.4, -0.2) is 0 Å². The molecule has 0 spiro atoms. The highest BCUT2D eigenvalue weighted by molar-refractivity contribution is 5.36. The highest BCUT2D eigenvalue weighted by Crippen LogP contribution is 2.19. The molecule has 0 unspecified atom stereocenters. The SMILES string of the molecule is Cc1cc2c3c(c1=c1ccc=3cc1)=c1ccc=2cc1. The maximum Gasteiger partial charge on any atom is -0.00179 e. The van der Waals surface area contributed by atoms with E-state index >= 15 is 0 Å². The molecule has 4 aliphatic rings. The molecule has 0 saturated carbocycles. The lowest BCUT2D eigenvalue weighted by Gasteiger charge is -1.97. The summed E-state index contributed by atoms with van der Waals surface area (Å²) in [6.45, 7) is 2.23. The van der Waals surface area contributed by atoms with E-state index in [4.69, 9.17) is 0 Å². The standard InChI is InChI=1S/C19H12/c1-11-10-16-12-2-4-15(5-3-12)19-17(11)13-6-8-14(9-7-13)18(16)19/h2-10H,1H3. The summed E-state index contributed by atoms with van der Waals surface area (Å²) in [5.74, 6) is 0. The third kappa shape index (κ3) is 1.01. The summed E-state index contributed by atoms with van der Waals surface area (Å²) in [7, 11) is 0. The molecule has 0 fully saturated rings. The molecule has 88 valence electrons. The Kier molecular flexibility index (Phi) is 1.50. The Labute approximate surface area is 109 Å². The topological polar surface area (TPSA) is 0 Å². The van der Waals surface area contributed by atoms with Gasteiger partial charge in [0.2, 0.25) is 0 Å². The monoisotopic (exact) mass is 240 g/mol. The largest absolute Gasteiger partial charge is 0.0537 e. The normalized spacial score (nSPS) is 12.5. The van der Waals surface area contributed by atoms with Gasteiger partial charge in [-0.3, -0.25) is 0 Å². The minimum Gasteiger partial charge on any atom is -0.0537 e. The van der Waals surface area contributed by atoms with Gasteiger partial charge in [-0.2, -0.15) is 0 Å². The zero-order chi connectivity index (χ0) is 12.6. The number of benzene rings is 3. The molecule has 8 bridgehead atoms. The Morgan fingerprint density at radius 2 is 1.00 bits per heavy atom. The summed E-state index contributed by atoms with van der Waals surface area (Å²) in [6, 6.07) is 20.4. The molecule has 0 heteroatoms. The van der Waals surface area contributed by atoms with Gasteiger partial charge >= 0.3 is 0 Å². The van der Waals surface area contributed by atoms with Crippen LogP contribution in [0.3, 0.4) is 0 Å². The Balaban J connectivity index is 2.67. The molecular formula is C19H12. The van der Waals surface area contributed by atoms with Gasteiger partial charge < -0.3 is 0 Å². The van der Waals surface area contributed by atoms with E-state index in [1.807, 2.05) is 0 Å². The molecule has 0 amide bonds. The van der Waals surface area contributed by atoms with Crippen molar-refractivity contribution in [1.82, 2.24) is 0 Å². The van der Waals surface area contributed by atoms with E-state index in [1.165, 1.54) is 47.3 Å². The third-order valence-corrected chi connectivity index (χ3v) is 4.47. The van der Waals surface area contributed by atoms with Gasteiger partial charge in [0.1, 0.15) is 0 Å². The zero-order valence-corrected chi connectivity index (χ0v) is 10.7. The molecule has 0 N–H and O–H groups in total. The van der Waals surface area contributed by atoms with Crippen LogP contribution in [0.25, 0.3) is 0 Å². The molecule has 3 aromatic carbocycles. The number of fused-ring (bicyclic) bond motifs is 4. The second-order valence-electron chi connectivity index (χ2n) is 5.52. The van der Waals surface area contributed by atoms with Gasteiger partial charge in [0.25, 0.3) is 0 Å². The average Bonchev–Trinajstić information content (AvgIpc) is 2.76. The van der Waals surface area contributed by atoms with Gasteiger partial charge in [-0.25, -0.2) is 0 Å². The predicted octanol–water partition coefficient (Wildman–Crippen LogP) is 3.77. The molecule has 0 heterocycles. The second kappa shape index (κ2) is 2.97. The van der Waals surface area contributed by atoms with Crippen LogP contribution >= 0.6 is 0 Å². The van der Waals surface area contributed by atoms with Crippen molar-refractivity contribution in [2.45, 2.75) is 6.92 Å². The number of aryl methyl sites for hydroxylation is 1. The first-order valence-corrected chi connectivity index (χ1v) is 6.72. The summed E-state index contributed by atoms with van der Waals surface area (Å²) < 4.78 is 0. The first-order chi connectivity index (χ1) is 9.33. The van der Waals surface area contributed by atoms with E-state index in [9.17, 15) is 0 Å². The van der Waals surface area contributed by atoms with Crippen LogP contribution in [0.15, 0.2) is 54.6 Å². The minimum absolute atomic E-state index is 1.33. The first kappa shape index (κ1) is 9.57. The van der Waals surface area contributed by atoms with E-state index in [0.717, 1.165) is 0 Å². The Morgan fingerprint density at radius 1 is 0.526 bits per heavy atom. The van der Waals surface area contributed by atoms with Crippen molar-refractivity contribution in [1.29, 1.82) is 0 Å². The van der Waals surface area contributed by atoms with Gasteiger partial charge in [0.05, 0.1) is 0 Å². The fourth-order valence-electron chi connectivity index (χ4n) is 3.63. The Morgan fingerprint density at radius 3 is 1.63 bits per heavy atom. The zero-order valence-electron chi connectivity index (χ0n) is 10.7. The Hall–Kier alpha value is -2.34. The molecule has 0 atom stereocenters. The summed E-state index contributed by atoms with van der Waals surface area (Å²) >= 11 is 0. The van der Waals surface area contributed by atoms with Crippen LogP contribution in [0.4, 0.5) is 0 Å². The van der Waals surface area contributed by atoms with Crippen LogP contribution < -0.4 is 0 Å². The second-order valence-corrected chi connectivity index (χ2v) is 5.52. The molecule has 0 aliphatic heterocycles. The number of rotatable bonds is 0. The molecule has 0 saturated heterocycles. The average molecular weight is 240 g/mol. The van der Waals surface area contributed by atoms with E-state index in [-0.39, 0.29) is 0 Å². The molecule has 3 aromatic rings. The summed E-state index contributed by atoms with van der Waals surface area (Å²) in [5.41, 5.74) is 1.38. The quantitative estimate of drug-likeness (QED) is 0.386. The molecule has 7 rings (SSSR count). The molecule has 0 aromatic heterocycles. The van der Waals surface area contributed by atoms with Crippen molar-refractivity contribution < 1.29 is 0 Å². The van der Waals surface area contributed by atoms with Crippen molar-refractivity contribution in [3.05, 3.63) is 102 Å². The van der Waals surface area contributed by atoms with Gasteiger partial charge in [0.15, 0.2) is 0 Å². The van der Waals surface area contributed by atoms with Gasteiger partial charge in [-0.05, 0) is 54.2 Å². The first-order valence-electron chi connectivity index (χ1n) is 6.72. The highest BCUT2D eigenvalue weighted by atomic mass is 14.1. The summed E-state index contributed by atoms with van der Waals surface area (Å²) in [6.07, 6.45) is 0. The van der Waals surface area contributed by atoms with Crippen LogP contribution in [0.1, 0.15) is 5.56 Å². The summed E-state index contributed by atoms with van der Waals surface area (Å²) in [4.78, 5) is 0. The van der Waals surface area contributed by atoms with Crippen LogP contribution in [-0.2, 0) is 0 Å². The number of hydrogen-bond donors (Lipinski definition) is 0. The van der Waals surface area contributed by atoms with E-state index in [0.29, 0.717) is 0 Å². The Bertz CT molecular complexity index is 1200. The van der Waals surface area contributed by atoms with Gasteiger partial charge in [-0.1, -0.05) is 54.6 Å².